The van der Waals surface area contributed by atoms with E-state index in [9.17, 15) is 14.4 Å². The Morgan fingerprint density at radius 1 is 1.17 bits per heavy atom. The highest BCUT2D eigenvalue weighted by Gasteiger charge is 2.23. The van der Waals surface area contributed by atoms with Gasteiger partial charge in [0, 0.05) is 35.0 Å². The fourth-order valence-electron chi connectivity index (χ4n) is 4.74. The highest BCUT2D eigenvalue weighted by molar-refractivity contribution is 5.98. The fourth-order valence-corrected chi connectivity index (χ4v) is 4.74. The first-order chi connectivity index (χ1) is 20.3. The van der Waals surface area contributed by atoms with Crippen molar-refractivity contribution < 1.29 is 19.1 Å². The van der Waals surface area contributed by atoms with Crippen LogP contribution in [-0.2, 0) is 14.3 Å². The number of benzene rings is 2. The van der Waals surface area contributed by atoms with E-state index in [0.29, 0.717) is 47.7 Å². The maximum atomic E-state index is 13.1. The van der Waals surface area contributed by atoms with E-state index in [1.54, 1.807) is 30.5 Å². The molecule has 0 fully saturated rings. The minimum absolute atomic E-state index is 0.150. The summed E-state index contributed by atoms with van der Waals surface area (Å²) in [5.41, 5.74) is 4.76. The van der Waals surface area contributed by atoms with E-state index in [2.05, 4.69) is 41.2 Å². The first-order valence-electron chi connectivity index (χ1n) is 13.5. The Kier molecular flexibility index (Phi) is 8.37. The lowest BCUT2D eigenvalue weighted by molar-refractivity contribution is -0.120. The Hall–Kier alpha value is -5.33. The zero-order chi connectivity index (χ0) is 29.6. The lowest BCUT2D eigenvalue weighted by atomic mass is 9.99. The van der Waals surface area contributed by atoms with Crippen LogP contribution < -0.4 is 16.0 Å². The van der Waals surface area contributed by atoms with E-state index < -0.39 is 12.1 Å². The number of amides is 3. The summed E-state index contributed by atoms with van der Waals surface area (Å²) in [6.45, 7) is 3.83. The number of nitrogens with zero attached hydrogens (tertiary/aromatic N) is 5. The molecular formula is C29H31N9O4. The molecule has 0 aliphatic carbocycles. The molecule has 2 bridgehead atoms. The van der Waals surface area contributed by atoms with Crippen LogP contribution in [0.3, 0.4) is 0 Å². The molecule has 4 aromatic rings. The average Bonchev–Trinajstić information content (AvgIpc) is 3.68. The second-order valence-corrected chi connectivity index (χ2v) is 10.1. The van der Waals surface area contributed by atoms with Crippen molar-refractivity contribution in [1.82, 2.24) is 35.5 Å². The molecule has 2 aromatic carbocycles. The minimum atomic E-state index is -0.619. The van der Waals surface area contributed by atoms with Crippen LogP contribution in [0.25, 0.3) is 23.0 Å². The average molecular weight is 570 g/mol. The predicted octanol–water partition coefficient (Wildman–Crippen LogP) is 4.17. The van der Waals surface area contributed by atoms with Crippen molar-refractivity contribution in [2.24, 2.45) is 5.92 Å². The van der Waals surface area contributed by atoms with Crippen molar-refractivity contribution in [3.63, 3.8) is 0 Å². The molecular weight excluding hydrogens is 538 g/mol. The molecule has 3 heterocycles. The van der Waals surface area contributed by atoms with Crippen LogP contribution in [0.4, 0.5) is 16.2 Å². The summed E-state index contributed by atoms with van der Waals surface area (Å²) in [5.74, 6) is -0.126. The maximum Gasteiger partial charge on any atom is 0.411 e. The highest BCUT2D eigenvalue weighted by atomic mass is 16.5. The second-order valence-electron chi connectivity index (χ2n) is 10.1. The molecule has 13 heteroatoms. The number of aromatic amines is 1. The first kappa shape index (κ1) is 28.2. The molecule has 2 aromatic heterocycles. The predicted molar refractivity (Wildman–Crippen MR) is 156 cm³/mol. The number of anilines is 2. The topological polar surface area (TPSA) is 169 Å². The molecule has 3 amide bonds. The van der Waals surface area contributed by atoms with Crippen LogP contribution in [0.5, 0.6) is 0 Å². The number of H-pyrrole nitrogens is 1. The quantitative estimate of drug-likeness (QED) is 0.260. The van der Waals surface area contributed by atoms with Gasteiger partial charge in [-0.2, -0.15) is 4.68 Å². The number of hydrogen-bond acceptors (Lipinski definition) is 8. The third kappa shape index (κ3) is 6.52. The zero-order valence-electron chi connectivity index (χ0n) is 23.4. The number of aromatic nitrogens is 6. The van der Waals surface area contributed by atoms with Crippen LogP contribution in [0.1, 0.15) is 49.2 Å². The Balaban J connectivity index is 1.40. The van der Waals surface area contributed by atoms with Gasteiger partial charge >= 0.3 is 6.09 Å². The van der Waals surface area contributed by atoms with Crippen molar-refractivity contribution in [2.45, 2.75) is 39.2 Å². The lowest BCUT2D eigenvalue weighted by Gasteiger charge is -2.19. The summed E-state index contributed by atoms with van der Waals surface area (Å²) in [4.78, 5) is 45.8. The van der Waals surface area contributed by atoms with Crippen molar-refractivity contribution in [2.75, 3.05) is 17.7 Å². The lowest BCUT2D eigenvalue weighted by Crippen LogP contribution is -2.28. The van der Waals surface area contributed by atoms with Crippen molar-refractivity contribution in [3.05, 3.63) is 71.9 Å². The van der Waals surface area contributed by atoms with Crippen LogP contribution >= 0.6 is 0 Å². The van der Waals surface area contributed by atoms with Crippen LogP contribution in [0, 0.1) is 12.8 Å². The zero-order valence-corrected chi connectivity index (χ0v) is 23.4. The van der Waals surface area contributed by atoms with Crippen LogP contribution in [-0.4, -0.2) is 55.2 Å². The summed E-state index contributed by atoms with van der Waals surface area (Å²) in [7, 11) is 1.28. The molecule has 1 aliphatic heterocycles. The van der Waals surface area contributed by atoms with E-state index in [1.807, 2.05) is 32.0 Å². The maximum absolute atomic E-state index is 13.1. The SMILES string of the molecule is COC(=O)Nc1ccc2c(c1)NC(=O)[C@@H](C)CCC[C@H](NC(=O)/C=C/c1cc(C)ccc1-n1cnnn1)c1nc-2c[nH]1. The summed E-state index contributed by atoms with van der Waals surface area (Å²) in [5, 5.41) is 20.0. The van der Waals surface area contributed by atoms with Gasteiger partial charge in [-0.05, 0) is 66.6 Å². The first-order valence-corrected chi connectivity index (χ1v) is 13.5. The molecule has 216 valence electrons. The summed E-state index contributed by atoms with van der Waals surface area (Å²) < 4.78 is 6.22. The third-order valence-corrected chi connectivity index (χ3v) is 7.00. The van der Waals surface area contributed by atoms with Gasteiger partial charge in [0.2, 0.25) is 11.8 Å². The fraction of sp³-hybridized carbons (Fsp3) is 0.276. The summed E-state index contributed by atoms with van der Waals surface area (Å²) in [6.07, 6.45) is 7.68. The number of hydrogen-bond donors (Lipinski definition) is 4. The number of aryl methyl sites for hydroxylation is 1. The number of fused-ring (bicyclic) bond motifs is 4. The van der Waals surface area contributed by atoms with Gasteiger partial charge in [0.15, 0.2) is 0 Å². The molecule has 0 spiro atoms. The summed E-state index contributed by atoms with van der Waals surface area (Å²) >= 11 is 0. The van der Waals surface area contributed by atoms with Crippen molar-refractivity contribution in [1.29, 1.82) is 0 Å². The number of carbonyl (C=O) groups is 3. The molecule has 2 atom stereocenters. The molecule has 0 saturated heterocycles. The molecule has 4 N–H and O–H groups in total. The number of rotatable bonds is 5. The molecule has 0 radical (unpaired) electrons. The van der Waals surface area contributed by atoms with E-state index >= 15 is 0 Å². The number of nitrogens with one attached hydrogen (secondary N) is 4. The Morgan fingerprint density at radius 3 is 2.81 bits per heavy atom. The van der Waals surface area contributed by atoms with E-state index in [-0.39, 0.29) is 17.7 Å². The van der Waals surface area contributed by atoms with Crippen molar-refractivity contribution >= 4 is 35.4 Å². The largest absolute Gasteiger partial charge is 0.453 e. The molecule has 13 nitrogen and oxygen atoms in total. The number of ether oxygens (including phenoxy) is 1. The van der Waals surface area contributed by atoms with Crippen molar-refractivity contribution in [3.8, 4) is 16.9 Å². The standard InChI is InChI=1S/C29H31N9O4/c1-17-7-11-25(38-16-31-36-37-38)19(13-17)8-12-26(39)33-22-6-4-5-18(2)28(40)35-23-14-20(32-29(41)42-3)9-10-21(23)24-15-30-27(22)34-24/h7-16,18,22H,4-6H2,1-3H3,(H,30,34)(H,32,41)(H,33,39)(H,35,40)/b12-8+/t18-,22-/m0/s1. The minimum Gasteiger partial charge on any atom is -0.453 e. The normalized spacial score (nSPS) is 17.0. The van der Waals surface area contributed by atoms with Gasteiger partial charge in [0.1, 0.15) is 12.2 Å². The van der Waals surface area contributed by atoms with E-state index in [0.717, 1.165) is 16.8 Å². The molecule has 1 aliphatic rings. The number of tetrazole rings is 1. The molecule has 0 unspecified atom stereocenters. The van der Waals surface area contributed by atoms with Gasteiger partial charge < -0.3 is 20.4 Å². The van der Waals surface area contributed by atoms with Gasteiger partial charge in [0.05, 0.1) is 30.2 Å². The van der Waals surface area contributed by atoms with Crippen LogP contribution in [0.2, 0.25) is 0 Å². The Morgan fingerprint density at radius 2 is 2.02 bits per heavy atom. The van der Waals surface area contributed by atoms with Crippen LogP contribution in [0.15, 0.2) is 55.0 Å². The molecule has 0 saturated carbocycles. The van der Waals surface area contributed by atoms with Gasteiger partial charge in [-0.15, -0.1) is 5.10 Å². The van der Waals surface area contributed by atoms with Gasteiger partial charge in [-0.25, -0.2) is 9.78 Å². The van der Waals surface area contributed by atoms with E-state index in [4.69, 9.17) is 4.98 Å². The third-order valence-electron chi connectivity index (χ3n) is 7.00. The number of carbonyl (C=O) groups excluding carboxylic acids is 3. The number of imidazole rings is 1. The number of methoxy groups -OCH3 is 1. The second kappa shape index (κ2) is 12.5. The Labute approximate surface area is 241 Å². The van der Waals surface area contributed by atoms with E-state index in [1.165, 1.54) is 24.2 Å². The summed E-state index contributed by atoms with van der Waals surface area (Å²) in [6, 6.07) is 10.5. The monoisotopic (exact) mass is 569 g/mol. The Bertz CT molecular complexity index is 1630. The smallest absolute Gasteiger partial charge is 0.411 e. The molecule has 5 rings (SSSR count). The van der Waals surface area contributed by atoms with Gasteiger partial charge in [-0.1, -0.05) is 25.0 Å². The highest BCUT2D eigenvalue weighted by Crippen LogP contribution is 2.32. The molecule has 42 heavy (non-hydrogen) atoms. The van der Waals surface area contributed by atoms with Gasteiger partial charge in [-0.3, -0.25) is 14.9 Å². The van der Waals surface area contributed by atoms with Gasteiger partial charge in [0.25, 0.3) is 0 Å².